The second-order valence-corrected chi connectivity index (χ2v) is 5.59. The fourth-order valence-electron chi connectivity index (χ4n) is 2.98. The summed E-state index contributed by atoms with van der Waals surface area (Å²) in [5.74, 6) is -0.465. The Morgan fingerprint density at radius 3 is 2.61 bits per heavy atom. The quantitative estimate of drug-likeness (QED) is 0.349. The first-order valence-electron chi connectivity index (χ1n) is 6.34. The van der Waals surface area contributed by atoms with Crippen LogP contribution in [0, 0.1) is 16.0 Å². The van der Waals surface area contributed by atoms with Gasteiger partial charge in [0.2, 0.25) is 5.54 Å². The number of rotatable bonds is 4. The smallest absolute Gasteiger partial charge is 0.223 e. The Kier molecular flexibility index (Phi) is 4.32. The van der Waals surface area contributed by atoms with Gasteiger partial charge < -0.3 is 10.3 Å². The van der Waals surface area contributed by atoms with E-state index in [0.717, 1.165) is 6.42 Å². The molecule has 1 rings (SSSR count). The topological polar surface area (TPSA) is 96.0 Å². The molecule has 1 aliphatic rings. The van der Waals surface area contributed by atoms with Crippen molar-refractivity contribution in [2.75, 3.05) is 0 Å². The molecule has 3 atom stereocenters. The summed E-state index contributed by atoms with van der Waals surface area (Å²) in [6, 6.07) is 0. The van der Waals surface area contributed by atoms with Crippen LogP contribution in [0.1, 0.15) is 52.9 Å². The third-order valence-corrected chi connectivity index (χ3v) is 4.20. The van der Waals surface area contributed by atoms with E-state index in [2.05, 4.69) is 5.16 Å². The van der Waals surface area contributed by atoms with E-state index in [9.17, 15) is 15.2 Å². The molecule has 0 aromatic heterocycles. The van der Waals surface area contributed by atoms with Gasteiger partial charge in [0.1, 0.15) is 0 Å². The van der Waals surface area contributed by atoms with Gasteiger partial charge in [-0.2, -0.15) is 0 Å². The second kappa shape index (κ2) is 5.22. The Labute approximate surface area is 107 Å². The Morgan fingerprint density at radius 1 is 1.56 bits per heavy atom. The van der Waals surface area contributed by atoms with Gasteiger partial charge in [0.15, 0.2) is 0 Å². The van der Waals surface area contributed by atoms with Gasteiger partial charge >= 0.3 is 0 Å². The summed E-state index contributed by atoms with van der Waals surface area (Å²) in [6.45, 7) is 5.17. The highest BCUT2D eigenvalue weighted by Gasteiger charge is 2.53. The summed E-state index contributed by atoms with van der Waals surface area (Å²) >= 11 is 0. The monoisotopic (exact) mass is 258 g/mol. The van der Waals surface area contributed by atoms with Gasteiger partial charge in [-0.05, 0) is 26.7 Å². The van der Waals surface area contributed by atoms with Crippen LogP contribution in [0.15, 0.2) is 5.16 Å². The van der Waals surface area contributed by atoms with E-state index in [1.807, 2.05) is 6.92 Å². The number of oxime groups is 1. The van der Waals surface area contributed by atoms with Crippen LogP contribution in [-0.2, 0) is 0 Å². The molecule has 0 amide bonds. The van der Waals surface area contributed by atoms with E-state index in [1.54, 1.807) is 13.8 Å². The number of aliphatic hydroxyl groups is 1. The number of nitro groups is 1. The fraction of sp³-hybridized carbons (Fsp3) is 0.917. The lowest BCUT2D eigenvalue weighted by atomic mass is 9.65. The normalized spacial score (nSPS) is 37.6. The van der Waals surface area contributed by atoms with Crippen LogP contribution in [-0.4, -0.2) is 32.1 Å². The van der Waals surface area contributed by atoms with Crippen LogP contribution in [0.3, 0.4) is 0 Å². The fourth-order valence-corrected chi connectivity index (χ4v) is 2.98. The number of nitrogens with zero attached hydrogens (tertiary/aromatic N) is 2. The highest BCUT2D eigenvalue weighted by atomic mass is 16.6. The van der Waals surface area contributed by atoms with Crippen molar-refractivity contribution < 1.29 is 15.2 Å². The predicted octanol–water partition coefficient (Wildman–Crippen LogP) is 2.20. The molecule has 0 aromatic carbocycles. The first kappa shape index (κ1) is 14.9. The zero-order chi connectivity index (χ0) is 14.0. The summed E-state index contributed by atoms with van der Waals surface area (Å²) in [5, 5.41) is 33.7. The van der Waals surface area contributed by atoms with Crippen molar-refractivity contribution in [3.05, 3.63) is 10.1 Å². The molecular formula is C12H22N2O4. The molecule has 0 radical (unpaired) electrons. The van der Waals surface area contributed by atoms with E-state index in [4.69, 9.17) is 5.21 Å². The van der Waals surface area contributed by atoms with Crippen LogP contribution in [0.2, 0.25) is 0 Å². The van der Waals surface area contributed by atoms with Crippen LogP contribution in [0.25, 0.3) is 0 Å². The summed E-state index contributed by atoms with van der Waals surface area (Å²) in [5.41, 5.74) is -1.67. The predicted molar refractivity (Wildman–Crippen MR) is 67.5 cm³/mol. The molecule has 1 saturated carbocycles. The van der Waals surface area contributed by atoms with E-state index in [0.29, 0.717) is 25.0 Å². The molecular weight excluding hydrogens is 236 g/mol. The molecule has 18 heavy (non-hydrogen) atoms. The van der Waals surface area contributed by atoms with Gasteiger partial charge in [0.25, 0.3) is 0 Å². The molecule has 6 heteroatoms. The Balaban J connectivity index is 3.05. The molecule has 0 heterocycles. The standard InChI is InChI=1S/C12H22N2O4/c1-4-5-12(14(17)18)7-6-11(3,15)10(8-12)9(2)13-16/h10,15-16H,4-8H2,1-3H3/b13-9+/t10-,11+,12-/m0/s1. The van der Waals surface area contributed by atoms with Crippen molar-refractivity contribution in [1.29, 1.82) is 0 Å². The van der Waals surface area contributed by atoms with Crippen molar-refractivity contribution in [3.63, 3.8) is 0 Å². The minimum atomic E-state index is -1.04. The largest absolute Gasteiger partial charge is 0.411 e. The average molecular weight is 258 g/mol. The zero-order valence-corrected chi connectivity index (χ0v) is 11.2. The van der Waals surface area contributed by atoms with E-state index in [-0.39, 0.29) is 11.3 Å². The van der Waals surface area contributed by atoms with Gasteiger partial charge in [-0.1, -0.05) is 12.1 Å². The van der Waals surface area contributed by atoms with Crippen molar-refractivity contribution in [1.82, 2.24) is 0 Å². The van der Waals surface area contributed by atoms with Crippen LogP contribution >= 0.6 is 0 Å². The minimum Gasteiger partial charge on any atom is -0.411 e. The second-order valence-electron chi connectivity index (χ2n) is 5.59. The maximum atomic E-state index is 11.4. The van der Waals surface area contributed by atoms with E-state index < -0.39 is 17.1 Å². The van der Waals surface area contributed by atoms with Gasteiger partial charge in [0, 0.05) is 30.1 Å². The average Bonchev–Trinajstić information content (AvgIpc) is 2.30. The summed E-state index contributed by atoms with van der Waals surface area (Å²) in [7, 11) is 0. The van der Waals surface area contributed by atoms with Crippen LogP contribution < -0.4 is 0 Å². The van der Waals surface area contributed by atoms with Crippen LogP contribution in [0.4, 0.5) is 0 Å². The van der Waals surface area contributed by atoms with Crippen molar-refractivity contribution in [3.8, 4) is 0 Å². The molecule has 1 aliphatic carbocycles. The minimum absolute atomic E-state index is 0.219. The third kappa shape index (κ3) is 2.63. The SMILES string of the molecule is CCC[C@]1([N+](=O)[O-])CC[C@@](C)(O)[C@H](/C(C)=N/O)C1. The van der Waals surface area contributed by atoms with E-state index in [1.165, 1.54) is 0 Å². The van der Waals surface area contributed by atoms with E-state index >= 15 is 0 Å². The van der Waals surface area contributed by atoms with Crippen molar-refractivity contribution >= 4 is 5.71 Å². The Hall–Kier alpha value is -1.17. The van der Waals surface area contributed by atoms with Crippen LogP contribution in [0.5, 0.6) is 0 Å². The summed E-state index contributed by atoms with van der Waals surface area (Å²) < 4.78 is 0. The Bertz CT molecular complexity index is 354. The lowest BCUT2D eigenvalue weighted by Gasteiger charge is -2.42. The maximum Gasteiger partial charge on any atom is 0.223 e. The van der Waals surface area contributed by atoms with Gasteiger partial charge in [0.05, 0.1) is 11.3 Å². The Morgan fingerprint density at radius 2 is 2.17 bits per heavy atom. The maximum absolute atomic E-state index is 11.4. The van der Waals surface area contributed by atoms with Gasteiger partial charge in [-0.3, -0.25) is 10.1 Å². The molecule has 0 spiro atoms. The molecule has 0 unspecified atom stereocenters. The number of hydrogen-bond donors (Lipinski definition) is 2. The first-order valence-corrected chi connectivity index (χ1v) is 6.34. The molecule has 0 saturated heterocycles. The molecule has 6 nitrogen and oxygen atoms in total. The highest BCUT2D eigenvalue weighted by molar-refractivity contribution is 5.85. The molecule has 1 fully saturated rings. The van der Waals surface area contributed by atoms with Gasteiger partial charge in [-0.15, -0.1) is 0 Å². The summed E-state index contributed by atoms with van der Waals surface area (Å²) in [4.78, 5) is 11.1. The molecule has 104 valence electrons. The van der Waals surface area contributed by atoms with Crippen molar-refractivity contribution in [2.45, 2.75) is 64.0 Å². The number of hydrogen-bond acceptors (Lipinski definition) is 5. The molecule has 0 aliphatic heterocycles. The van der Waals surface area contributed by atoms with Crippen molar-refractivity contribution in [2.24, 2.45) is 11.1 Å². The third-order valence-electron chi connectivity index (χ3n) is 4.20. The lowest BCUT2D eigenvalue weighted by Crippen LogP contribution is -2.53. The molecule has 0 aromatic rings. The van der Waals surface area contributed by atoms with Gasteiger partial charge in [-0.25, -0.2) is 0 Å². The molecule has 2 N–H and O–H groups in total. The molecule has 0 bridgehead atoms. The summed E-state index contributed by atoms with van der Waals surface area (Å²) in [6.07, 6.45) is 2.18. The lowest BCUT2D eigenvalue weighted by molar-refractivity contribution is -0.579. The zero-order valence-electron chi connectivity index (χ0n) is 11.2. The highest BCUT2D eigenvalue weighted by Crippen LogP contribution is 2.43. The first-order chi connectivity index (χ1) is 8.29.